The van der Waals surface area contributed by atoms with E-state index in [4.69, 9.17) is 11.6 Å². The van der Waals surface area contributed by atoms with Crippen LogP contribution in [0.5, 0.6) is 0 Å². The second kappa shape index (κ2) is 8.21. The maximum atomic E-state index is 13.0. The average molecular weight is 408 g/mol. The summed E-state index contributed by atoms with van der Waals surface area (Å²) in [6.07, 6.45) is 3.31. The quantitative estimate of drug-likeness (QED) is 0.685. The van der Waals surface area contributed by atoms with E-state index in [0.717, 1.165) is 35.0 Å². The fourth-order valence-electron chi connectivity index (χ4n) is 3.81. The number of benzene rings is 2. The van der Waals surface area contributed by atoms with Gasteiger partial charge in [0.2, 0.25) is 5.91 Å². The molecule has 29 heavy (non-hydrogen) atoms. The van der Waals surface area contributed by atoms with Crippen LogP contribution in [-0.4, -0.2) is 34.8 Å². The number of carbonyl (C=O) groups is 2. The highest BCUT2D eigenvalue weighted by Gasteiger charge is 2.29. The lowest BCUT2D eigenvalue weighted by Gasteiger charge is -2.32. The summed E-state index contributed by atoms with van der Waals surface area (Å²) < 4.78 is 0. The van der Waals surface area contributed by atoms with Crippen molar-refractivity contribution in [1.29, 1.82) is 0 Å². The first-order valence-corrected chi connectivity index (χ1v) is 10.1. The number of aromatic nitrogens is 1. The predicted octanol–water partition coefficient (Wildman–Crippen LogP) is 4.69. The van der Waals surface area contributed by atoms with Gasteiger partial charge in [-0.25, -0.2) is 0 Å². The van der Waals surface area contributed by atoms with Crippen LogP contribution in [0.15, 0.2) is 54.7 Å². The van der Waals surface area contributed by atoms with Gasteiger partial charge in [-0.05, 0) is 67.8 Å². The van der Waals surface area contributed by atoms with E-state index in [1.807, 2.05) is 31.2 Å². The van der Waals surface area contributed by atoms with E-state index in [9.17, 15) is 9.59 Å². The molecule has 148 valence electrons. The Hall–Kier alpha value is -2.92. The molecule has 3 aromatic rings. The van der Waals surface area contributed by atoms with Crippen molar-refractivity contribution in [2.75, 3.05) is 18.4 Å². The molecule has 1 fully saturated rings. The normalized spacial score (nSPS) is 16.6. The van der Waals surface area contributed by atoms with Crippen LogP contribution in [0.4, 0.5) is 5.69 Å². The highest BCUT2D eigenvalue weighted by atomic mass is 35.5. The smallest absolute Gasteiger partial charge is 0.253 e. The highest BCUT2D eigenvalue weighted by Crippen LogP contribution is 2.26. The Kier molecular flexibility index (Phi) is 5.49. The molecule has 1 aliphatic heterocycles. The van der Waals surface area contributed by atoms with Gasteiger partial charge >= 0.3 is 0 Å². The van der Waals surface area contributed by atoms with E-state index in [1.54, 1.807) is 35.4 Å². The molecule has 0 bridgehead atoms. The molecule has 0 spiro atoms. The molecule has 4 rings (SSSR count). The van der Waals surface area contributed by atoms with Crippen LogP contribution in [0.25, 0.3) is 10.9 Å². The van der Waals surface area contributed by atoms with Gasteiger partial charge in [0.25, 0.3) is 5.91 Å². The Morgan fingerprint density at radius 2 is 1.93 bits per heavy atom. The molecule has 2 amide bonds. The monoisotopic (exact) mass is 407 g/mol. The van der Waals surface area contributed by atoms with Crippen molar-refractivity contribution in [3.05, 3.63) is 70.9 Å². The van der Waals surface area contributed by atoms with Crippen molar-refractivity contribution in [3.63, 3.8) is 0 Å². The summed E-state index contributed by atoms with van der Waals surface area (Å²) in [6, 6.07) is 14.6. The van der Waals surface area contributed by atoms with Crippen LogP contribution >= 0.6 is 11.6 Å². The molecule has 5 nitrogen and oxygen atoms in total. The number of piperidine rings is 1. The number of likely N-dealkylation sites (tertiary alicyclic amines) is 1. The Morgan fingerprint density at radius 1 is 1.14 bits per heavy atom. The molecule has 1 aromatic heterocycles. The van der Waals surface area contributed by atoms with Crippen LogP contribution < -0.4 is 5.32 Å². The molecule has 2 aromatic carbocycles. The van der Waals surface area contributed by atoms with Gasteiger partial charge in [0, 0.05) is 35.3 Å². The fourth-order valence-corrected chi connectivity index (χ4v) is 3.93. The van der Waals surface area contributed by atoms with Crippen molar-refractivity contribution in [3.8, 4) is 0 Å². The standard InChI is InChI=1S/C23H22ClN3O2/c1-15-6-11-20(19-5-2-12-25-21(15)19)26-22(28)17-4-3-13-27(14-17)23(29)16-7-9-18(24)10-8-16/h2,5-12,17H,3-4,13-14H2,1H3,(H,26,28). The predicted molar refractivity (Wildman–Crippen MR) is 115 cm³/mol. The molecule has 1 unspecified atom stereocenters. The Bertz CT molecular complexity index is 1070. The average Bonchev–Trinajstić information content (AvgIpc) is 2.76. The first kappa shape index (κ1) is 19.4. The second-order valence-electron chi connectivity index (χ2n) is 7.42. The van der Waals surface area contributed by atoms with Crippen molar-refractivity contribution in [2.24, 2.45) is 5.92 Å². The molecule has 0 saturated carbocycles. The largest absolute Gasteiger partial charge is 0.338 e. The third-order valence-electron chi connectivity index (χ3n) is 5.40. The molecular formula is C23H22ClN3O2. The zero-order chi connectivity index (χ0) is 20.4. The molecule has 1 saturated heterocycles. The minimum atomic E-state index is -0.243. The van der Waals surface area contributed by atoms with Gasteiger partial charge in [0.15, 0.2) is 0 Å². The molecule has 1 aliphatic rings. The highest BCUT2D eigenvalue weighted by molar-refractivity contribution is 6.30. The summed E-state index contributed by atoms with van der Waals surface area (Å²) in [4.78, 5) is 31.9. The van der Waals surface area contributed by atoms with E-state index in [-0.39, 0.29) is 17.7 Å². The fraction of sp³-hybridized carbons (Fsp3) is 0.261. The summed E-state index contributed by atoms with van der Waals surface area (Å²) in [6.45, 7) is 3.07. The van der Waals surface area contributed by atoms with Crippen molar-refractivity contribution < 1.29 is 9.59 Å². The number of hydrogen-bond acceptors (Lipinski definition) is 3. The molecular weight excluding hydrogens is 386 g/mol. The molecule has 1 N–H and O–H groups in total. The summed E-state index contributed by atoms with van der Waals surface area (Å²) in [7, 11) is 0. The minimum absolute atomic E-state index is 0.0624. The number of carbonyl (C=O) groups excluding carboxylic acids is 2. The molecule has 0 aliphatic carbocycles. The first-order chi connectivity index (χ1) is 14.0. The van der Waals surface area contributed by atoms with Gasteiger partial charge in [0.05, 0.1) is 17.1 Å². The van der Waals surface area contributed by atoms with Gasteiger partial charge < -0.3 is 10.2 Å². The number of amides is 2. The van der Waals surface area contributed by atoms with E-state index in [2.05, 4.69) is 10.3 Å². The number of fused-ring (bicyclic) bond motifs is 1. The number of nitrogens with one attached hydrogen (secondary N) is 1. The first-order valence-electron chi connectivity index (χ1n) is 9.73. The van der Waals surface area contributed by atoms with Crippen LogP contribution in [0.1, 0.15) is 28.8 Å². The number of hydrogen-bond donors (Lipinski definition) is 1. The number of anilines is 1. The van der Waals surface area contributed by atoms with Crippen molar-refractivity contribution >= 4 is 40.0 Å². The van der Waals surface area contributed by atoms with E-state index < -0.39 is 0 Å². The van der Waals surface area contributed by atoms with Gasteiger partial charge in [-0.3, -0.25) is 14.6 Å². The van der Waals surface area contributed by atoms with Crippen LogP contribution in [0.3, 0.4) is 0 Å². The summed E-state index contributed by atoms with van der Waals surface area (Å²) >= 11 is 5.91. The van der Waals surface area contributed by atoms with Crippen LogP contribution in [0, 0.1) is 12.8 Å². The molecule has 6 heteroatoms. The summed E-state index contributed by atoms with van der Waals surface area (Å²) in [5, 5.41) is 4.57. The number of halogens is 1. The zero-order valence-electron chi connectivity index (χ0n) is 16.2. The SMILES string of the molecule is Cc1ccc(NC(=O)C2CCCN(C(=O)c3ccc(Cl)cc3)C2)c2cccnc12. The molecule has 0 radical (unpaired) electrons. The lowest BCUT2D eigenvalue weighted by molar-refractivity contribution is -0.121. The lowest BCUT2D eigenvalue weighted by Crippen LogP contribution is -2.43. The third kappa shape index (κ3) is 4.10. The molecule has 2 heterocycles. The number of rotatable bonds is 3. The Labute approximate surface area is 174 Å². The van der Waals surface area contributed by atoms with Crippen molar-refractivity contribution in [1.82, 2.24) is 9.88 Å². The number of pyridine rings is 1. The topological polar surface area (TPSA) is 62.3 Å². The van der Waals surface area contributed by atoms with E-state index >= 15 is 0 Å². The van der Waals surface area contributed by atoms with Gasteiger partial charge in [-0.15, -0.1) is 0 Å². The zero-order valence-corrected chi connectivity index (χ0v) is 16.9. The van der Waals surface area contributed by atoms with Crippen LogP contribution in [-0.2, 0) is 4.79 Å². The summed E-state index contributed by atoms with van der Waals surface area (Å²) in [5.74, 6) is -0.371. The van der Waals surface area contributed by atoms with Gasteiger partial charge in [-0.1, -0.05) is 17.7 Å². The minimum Gasteiger partial charge on any atom is -0.338 e. The Morgan fingerprint density at radius 3 is 2.72 bits per heavy atom. The van der Waals surface area contributed by atoms with E-state index in [0.29, 0.717) is 23.7 Å². The summed E-state index contributed by atoms with van der Waals surface area (Å²) in [5.41, 5.74) is 3.29. The third-order valence-corrected chi connectivity index (χ3v) is 5.65. The van der Waals surface area contributed by atoms with Gasteiger partial charge in [0.1, 0.15) is 0 Å². The maximum Gasteiger partial charge on any atom is 0.253 e. The van der Waals surface area contributed by atoms with Crippen LogP contribution in [0.2, 0.25) is 5.02 Å². The van der Waals surface area contributed by atoms with Crippen molar-refractivity contribution in [2.45, 2.75) is 19.8 Å². The second-order valence-corrected chi connectivity index (χ2v) is 7.85. The van der Waals surface area contributed by atoms with Gasteiger partial charge in [-0.2, -0.15) is 0 Å². The molecule has 1 atom stereocenters. The number of aryl methyl sites for hydroxylation is 1. The number of nitrogens with zero attached hydrogens (tertiary/aromatic N) is 2. The van der Waals surface area contributed by atoms with E-state index in [1.165, 1.54) is 0 Å². The maximum absolute atomic E-state index is 13.0. The lowest BCUT2D eigenvalue weighted by atomic mass is 9.96. The Balaban J connectivity index is 1.49.